The minimum absolute atomic E-state index is 0.0729. The molecule has 1 amide bonds. The standard InChI is InChI=1S/C13H21ClN2O2/c1-9(2)16-8-11(14)7-12(16)13(18)15(4)6-5-10(3)17/h7-10,17H,5-6H2,1-4H3. The Morgan fingerprint density at radius 1 is 1.50 bits per heavy atom. The number of rotatable bonds is 5. The molecule has 0 saturated heterocycles. The highest BCUT2D eigenvalue weighted by molar-refractivity contribution is 6.31. The molecule has 0 saturated carbocycles. The lowest BCUT2D eigenvalue weighted by Crippen LogP contribution is -2.31. The smallest absolute Gasteiger partial charge is 0.270 e. The van der Waals surface area contributed by atoms with Gasteiger partial charge in [0.25, 0.3) is 5.91 Å². The fourth-order valence-corrected chi connectivity index (χ4v) is 1.93. The highest BCUT2D eigenvalue weighted by Crippen LogP contribution is 2.20. The Kier molecular flexibility index (Phi) is 5.23. The quantitative estimate of drug-likeness (QED) is 0.895. The first-order valence-electron chi connectivity index (χ1n) is 6.13. The number of halogens is 1. The van der Waals surface area contributed by atoms with Crippen molar-refractivity contribution in [1.29, 1.82) is 0 Å². The number of carbonyl (C=O) groups is 1. The van der Waals surface area contributed by atoms with Crippen LogP contribution in [0.2, 0.25) is 5.02 Å². The summed E-state index contributed by atoms with van der Waals surface area (Å²) in [6.07, 6.45) is 1.93. The van der Waals surface area contributed by atoms with Crippen molar-refractivity contribution in [3.63, 3.8) is 0 Å². The first-order valence-corrected chi connectivity index (χ1v) is 6.51. The lowest BCUT2D eigenvalue weighted by atomic mass is 10.2. The Balaban J connectivity index is 2.83. The molecule has 1 heterocycles. The maximum Gasteiger partial charge on any atom is 0.270 e. The highest BCUT2D eigenvalue weighted by atomic mass is 35.5. The topological polar surface area (TPSA) is 45.5 Å². The summed E-state index contributed by atoms with van der Waals surface area (Å²) in [6, 6.07) is 1.87. The van der Waals surface area contributed by atoms with Gasteiger partial charge in [0.1, 0.15) is 5.69 Å². The van der Waals surface area contributed by atoms with Crippen molar-refractivity contribution in [2.24, 2.45) is 0 Å². The van der Waals surface area contributed by atoms with E-state index >= 15 is 0 Å². The van der Waals surface area contributed by atoms with E-state index in [0.29, 0.717) is 23.7 Å². The Bertz CT molecular complexity index is 413. The second kappa shape index (κ2) is 6.25. The molecule has 1 aromatic rings. The first-order chi connectivity index (χ1) is 8.32. The Morgan fingerprint density at radius 2 is 2.11 bits per heavy atom. The fourth-order valence-electron chi connectivity index (χ4n) is 1.72. The van der Waals surface area contributed by atoms with Crippen LogP contribution in [-0.2, 0) is 0 Å². The van der Waals surface area contributed by atoms with E-state index in [2.05, 4.69) is 0 Å². The number of nitrogens with zero attached hydrogens (tertiary/aromatic N) is 2. The molecule has 1 atom stereocenters. The van der Waals surface area contributed by atoms with Gasteiger partial charge in [-0.05, 0) is 33.3 Å². The van der Waals surface area contributed by atoms with E-state index in [-0.39, 0.29) is 11.9 Å². The van der Waals surface area contributed by atoms with Crippen LogP contribution < -0.4 is 0 Å². The molecule has 1 aromatic heterocycles. The molecule has 0 aliphatic heterocycles. The van der Waals surface area contributed by atoms with Gasteiger partial charge in [-0.1, -0.05) is 11.6 Å². The predicted octanol–water partition coefficient (Wildman–Crippen LogP) is 2.57. The molecule has 0 spiro atoms. The van der Waals surface area contributed by atoms with Gasteiger partial charge in [-0.25, -0.2) is 0 Å². The van der Waals surface area contributed by atoms with Gasteiger partial charge in [0.05, 0.1) is 11.1 Å². The Morgan fingerprint density at radius 3 is 2.61 bits per heavy atom. The van der Waals surface area contributed by atoms with Gasteiger partial charge in [0, 0.05) is 25.8 Å². The van der Waals surface area contributed by atoms with Crippen LogP contribution >= 0.6 is 11.6 Å². The number of hydrogen-bond acceptors (Lipinski definition) is 2. The van der Waals surface area contributed by atoms with E-state index in [1.807, 2.05) is 18.4 Å². The van der Waals surface area contributed by atoms with E-state index < -0.39 is 6.10 Å². The zero-order valence-corrected chi connectivity index (χ0v) is 12.1. The number of aromatic nitrogens is 1. The van der Waals surface area contributed by atoms with Crippen molar-refractivity contribution < 1.29 is 9.90 Å². The summed E-state index contributed by atoms with van der Waals surface area (Å²) in [5, 5.41) is 9.80. The van der Waals surface area contributed by atoms with Crippen molar-refractivity contribution in [2.75, 3.05) is 13.6 Å². The third kappa shape index (κ3) is 3.75. The molecular weight excluding hydrogens is 252 g/mol. The van der Waals surface area contributed by atoms with E-state index in [4.69, 9.17) is 11.6 Å². The second-order valence-electron chi connectivity index (χ2n) is 4.91. The SMILES string of the molecule is CC(O)CCN(C)C(=O)c1cc(Cl)cn1C(C)C. The summed E-state index contributed by atoms with van der Waals surface area (Å²) in [4.78, 5) is 13.9. The summed E-state index contributed by atoms with van der Waals surface area (Å²) < 4.78 is 1.86. The summed E-state index contributed by atoms with van der Waals surface area (Å²) in [5.41, 5.74) is 0.586. The molecule has 0 bridgehead atoms. The van der Waals surface area contributed by atoms with Crippen LogP contribution in [0, 0.1) is 0 Å². The van der Waals surface area contributed by atoms with Crippen molar-refractivity contribution in [3.8, 4) is 0 Å². The average molecular weight is 273 g/mol. The molecule has 0 radical (unpaired) electrons. The van der Waals surface area contributed by atoms with Gasteiger partial charge in [-0.2, -0.15) is 0 Å². The maximum absolute atomic E-state index is 12.3. The first kappa shape index (κ1) is 15.1. The van der Waals surface area contributed by atoms with Crippen molar-refractivity contribution in [2.45, 2.75) is 39.3 Å². The van der Waals surface area contributed by atoms with E-state index in [0.717, 1.165) is 0 Å². The number of carbonyl (C=O) groups excluding carboxylic acids is 1. The number of aliphatic hydroxyl groups is 1. The molecule has 0 aromatic carbocycles. The molecule has 0 fully saturated rings. The third-order valence-corrected chi connectivity index (χ3v) is 3.03. The molecule has 1 N–H and O–H groups in total. The van der Waals surface area contributed by atoms with Crippen molar-refractivity contribution in [1.82, 2.24) is 9.47 Å². The zero-order chi connectivity index (χ0) is 13.9. The van der Waals surface area contributed by atoms with Crippen molar-refractivity contribution in [3.05, 3.63) is 23.0 Å². The van der Waals surface area contributed by atoms with Crippen molar-refractivity contribution >= 4 is 17.5 Å². The number of aliphatic hydroxyl groups excluding tert-OH is 1. The van der Waals surface area contributed by atoms with Crippen LogP contribution in [-0.4, -0.2) is 40.2 Å². The molecule has 0 aliphatic rings. The fraction of sp³-hybridized carbons (Fsp3) is 0.615. The van der Waals surface area contributed by atoms with Gasteiger partial charge in [0.2, 0.25) is 0 Å². The summed E-state index contributed by atoms with van der Waals surface area (Å²) in [7, 11) is 1.73. The maximum atomic E-state index is 12.3. The van der Waals surface area contributed by atoms with Gasteiger partial charge >= 0.3 is 0 Å². The summed E-state index contributed by atoms with van der Waals surface area (Å²) in [5.74, 6) is -0.0729. The lowest BCUT2D eigenvalue weighted by Gasteiger charge is -2.20. The third-order valence-electron chi connectivity index (χ3n) is 2.82. The molecule has 4 nitrogen and oxygen atoms in total. The Labute approximate surface area is 113 Å². The minimum atomic E-state index is -0.402. The van der Waals surface area contributed by atoms with Crippen LogP contribution in [0.15, 0.2) is 12.3 Å². The number of amides is 1. The summed E-state index contributed by atoms with van der Waals surface area (Å²) in [6.45, 7) is 6.25. The monoisotopic (exact) mass is 272 g/mol. The molecule has 5 heteroatoms. The molecule has 0 aliphatic carbocycles. The molecular formula is C13H21ClN2O2. The Hall–Kier alpha value is -1.00. The molecule has 18 heavy (non-hydrogen) atoms. The van der Waals surface area contributed by atoms with Gasteiger partial charge in [-0.15, -0.1) is 0 Å². The largest absolute Gasteiger partial charge is 0.393 e. The van der Waals surface area contributed by atoms with Gasteiger partial charge in [0.15, 0.2) is 0 Å². The average Bonchev–Trinajstić information content (AvgIpc) is 2.67. The number of hydrogen-bond donors (Lipinski definition) is 1. The normalized spacial score (nSPS) is 12.8. The minimum Gasteiger partial charge on any atom is -0.393 e. The van der Waals surface area contributed by atoms with Crippen LogP contribution in [0.25, 0.3) is 0 Å². The summed E-state index contributed by atoms with van der Waals surface area (Å²) >= 11 is 5.95. The van der Waals surface area contributed by atoms with Gasteiger partial charge < -0.3 is 14.6 Å². The molecule has 102 valence electrons. The highest BCUT2D eigenvalue weighted by Gasteiger charge is 2.18. The molecule has 1 rings (SSSR count). The zero-order valence-electron chi connectivity index (χ0n) is 11.4. The molecule has 1 unspecified atom stereocenters. The van der Waals surface area contributed by atoms with Crippen LogP contribution in [0.1, 0.15) is 43.7 Å². The van der Waals surface area contributed by atoms with Crippen LogP contribution in [0.5, 0.6) is 0 Å². The van der Waals surface area contributed by atoms with E-state index in [1.54, 1.807) is 31.1 Å². The van der Waals surface area contributed by atoms with Gasteiger partial charge in [-0.3, -0.25) is 4.79 Å². The predicted molar refractivity (Wildman–Crippen MR) is 73.1 cm³/mol. The second-order valence-corrected chi connectivity index (χ2v) is 5.35. The van der Waals surface area contributed by atoms with E-state index in [9.17, 15) is 9.90 Å². The van der Waals surface area contributed by atoms with E-state index in [1.165, 1.54) is 0 Å². The van der Waals surface area contributed by atoms with Crippen LogP contribution in [0.4, 0.5) is 0 Å². The lowest BCUT2D eigenvalue weighted by molar-refractivity contribution is 0.0757. The van der Waals surface area contributed by atoms with Crippen LogP contribution in [0.3, 0.4) is 0 Å².